The van der Waals surface area contributed by atoms with Crippen LogP contribution in [-0.4, -0.2) is 9.97 Å². The number of nitrogens with one attached hydrogen (secondary N) is 2. The third kappa shape index (κ3) is 2.94. The van der Waals surface area contributed by atoms with Gasteiger partial charge < -0.3 is 10.3 Å². The molecule has 0 spiro atoms. The summed E-state index contributed by atoms with van der Waals surface area (Å²) in [6.07, 6.45) is 0.724. The lowest BCUT2D eigenvalue weighted by molar-refractivity contribution is 0.914. The molecule has 17 heavy (non-hydrogen) atoms. The van der Waals surface area contributed by atoms with E-state index in [-0.39, 0.29) is 5.56 Å². The van der Waals surface area contributed by atoms with Crippen LogP contribution in [0.25, 0.3) is 0 Å². The van der Waals surface area contributed by atoms with Crippen molar-refractivity contribution in [2.75, 3.05) is 5.32 Å². The quantitative estimate of drug-likeness (QED) is 0.874. The maximum absolute atomic E-state index is 11.4. The lowest BCUT2D eigenvalue weighted by atomic mass is 10.2. The van der Waals surface area contributed by atoms with Crippen LogP contribution in [0, 0.1) is 6.92 Å². The molecule has 2 rings (SSSR count). The maximum Gasteiger partial charge on any atom is 0.252 e. The van der Waals surface area contributed by atoms with Gasteiger partial charge in [0.2, 0.25) is 0 Å². The molecule has 0 saturated heterocycles. The van der Waals surface area contributed by atoms with Crippen molar-refractivity contribution in [2.24, 2.45) is 0 Å². The zero-order valence-corrected chi connectivity index (χ0v) is 10.7. The van der Waals surface area contributed by atoms with E-state index in [1.165, 1.54) is 17.2 Å². The molecule has 0 atom stereocenters. The largest absolute Gasteiger partial charge is 0.366 e. The summed E-state index contributed by atoms with van der Waals surface area (Å²) in [5.74, 6) is 1.35. The van der Waals surface area contributed by atoms with Crippen LogP contribution < -0.4 is 10.9 Å². The molecule has 0 aliphatic rings. The molecule has 5 heteroatoms. The van der Waals surface area contributed by atoms with Crippen LogP contribution in [0.1, 0.15) is 23.9 Å². The lowest BCUT2D eigenvalue weighted by Crippen LogP contribution is -2.13. The summed E-state index contributed by atoms with van der Waals surface area (Å²) in [7, 11) is 0. The average molecular weight is 249 g/mol. The van der Waals surface area contributed by atoms with E-state index < -0.39 is 0 Å². The molecule has 0 radical (unpaired) electrons. The van der Waals surface area contributed by atoms with Gasteiger partial charge in [-0.1, -0.05) is 6.92 Å². The highest BCUT2D eigenvalue weighted by Crippen LogP contribution is 2.14. The van der Waals surface area contributed by atoms with Gasteiger partial charge in [0, 0.05) is 19.0 Å². The second-order valence-corrected chi connectivity index (χ2v) is 4.61. The Morgan fingerprint density at radius 2 is 2.29 bits per heavy atom. The third-order valence-electron chi connectivity index (χ3n) is 2.55. The van der Waals surface area contributed by atoms with Gasteiger partial charge in [-0.05, 0) is 28.8 Å². The van der Waals surface area contributed by atoms with E-state index in [0.717, 1.165) is 6.42 Å². The molecular weight excluding hydrogens is 234 g/mol. The van der Waals surface area contributed by atoms with Crippen molar-refractivity contribution in [2.45, 2.75) is 26.8 Å². The number of H-pyrrole nitrogens is 1. The first-order valence-corrected chi connectivity index (χ1v) is 6.49. The van der Waals surface area contributed by atoms with Crippen LogP contribution in [0.3, 0.4) is 0 Å². The highest BCUT2D eigenvalue weighted by atomic mass is 32.1. The van der Waals surface area contributed by atoms with E-state index in [1.54, 1.807) is 11.3 Å². The Hall–Kier alpha value is -1.62. The number of hydrogen-bond donors (Lipinski definition) is 2. The van der Waals surface area contributed by atoms with E-state index in [2.05, 4.69) is 33.0 Å². The Bertz CT molecular complexity index is 559. The first-order chi connectivity index (χ1) is 8.19. The Kier molecular flexibility index (Phi) is 3.58. The number of hydrogen-bond acceptors (Lipinski definition) is 4. The molecule has 2 heterocycles. The van der Waals surface area contributed by atoms with Gasteiger partial charge in [0.25, 0.3) is 5.56 Å². The van der Waals surface area contributed by atoms with E-state index in [1.807, 2.05) is 6.92 Å². The Morgan fingerprint density at radius 1 is 1.47 bits per heavy atom. The highest BCUT2D eigenvalue weighted by molar-refractivity contribution is 7.08. The van der Waals surface area contributed by atoms with Crippen molar-refractivity contribution in [3.63, 3.8) is 0 Å². The molecule has 0 unspecified atom stereocenters. The van der Waals surface area contributed by atoms with E-state index in [9.17, 15) is 4.79 Å². The Balaban J connectivity index is 2.11. The molecular formula is C12H15N3OS. The van der Waals surface area contributed by atoms with Gasteiger partial charge in [0.05, 0.1) is 0 Å². The van der Waals surface area contributed by atoms with Crippen molar-refractivity contribution >= 4 is 17.2 Å². The van der Waals surface area contributed by atoms with Gasteiger partial charge in [0.1, 0.15) is 11.6 Å². The van der Waals surface area contributed by atoms with Crippen molar-refractivity contribution < 1.29 is 0 Å². The Labute approximate surface area is 104 Å². The predicted molar refractivity (Wildman–Crippen MR) is 70.6 cm³/mol. The second kappa shape index (κ2) is 5.14. The van der Waals surface area contributed by atoms with Gasteiger partial charge in [-0.25, -0.2) is 4.98 Å². The normalized spacial score (nSPS) is 10.5. The minimum absolute atomic E-state index is 0.110. The predicted octanol–water partition coefficient (Wildman–Crippen LogP) is 2.31. The fraction of sp³-hybridized carbons (Fsp3) is 0.333. The summed E-state index contributed by atoms with van der Waals surface area (Å²) >= 11 is 1.68. The molecule has 2 aromatic rings. The van der Waals surface area contributed by atoms with Gasteiger partial charge in [-0.2, -0.15) is 11.3 Å². The van der Waals surface area contributed by atoms with Crippen molar-refractivity contribution in [1.29, 1.82) is 0 Å². The summed E-state index contributed by atoms with van der Waals surface area (Å²) in [6.45, 7) is 4.75. The van der Waals surface area contributed by atoms with Crippen LogP contribution in [0.5, 0.6) is 0 Å². The second-order valence-electron chi connectivity index (χ2n) is 3.86. The minimum atomic E-state index is -0.110. The lowest BCUT2D eigenvalue weighted by Gasteiger charge is -2.06. The minimum Gasteiger partial charge on any atom is -0.366 e. The Morgan fingerprint density at radius 3 is 2.94 bits per heavy atom. The molecule has 2 aromatic heterocycles. The zero-order valence-electron chi connectivity index (χ0n) is 9.91. The smallest absolute Gasteiger partial charge is 0.252 e. The van der Waals surface area contributed by atoms with Crippen molar-refractivity contribution in [3.05, 3.63) is 44.1 Å². The summed E-state index contributed by atoms with van der Waals surface area (Å²) in [5, 5.41) is 7.40. The molecule has 0 aromatic carbocycles. The number of thiophene rings is 1. The van der Waals surface area contributed by atoms with Crippen LogP contribution in [0.15, 0.2) is 21.6 Å². The number of aryl methyl sites for hydroxylation is 2. The standard InChI is InChI=1S/C12H15N3OS/c1-3-10-14-11(4-12(16)15-10)13-5-9-7-17-6-8(9)2/h4,6-7H,3,5H2,1-2H3,(H2,13,14,15,16). The number of rotatable bonds is 4. The maximum atomic E-state index is 11.4. The molecule has 0 amide bonds. The van der Waals surface area contributed by atoms with Gasteiger partial charge >= 0.3 is 0 Å². The summed E-state index contributed by atoms with van der Waals surface area (Å²) in [5.41, 5.74) is 2.40. The molecule has 0 aliphatic carbocycles. The molecule has 0 fully saturated rings. The molecule has 0 aliphatic heterocycles. The van der Waals surface area contributed by atoms with Crippen LogP contribution in [-0.2, 0) is 13.0 Å². The number of aromatic amines is 1. The van der Waals surface area contributed by atoms with E-state index in [4.69, 9.17) is 0 Å². The summed E-state index contributed by atoms with van der Waals surface area (Å²) in [6, 6.07) is 1.49. The topological polar surface area (TPSA) is 57.8 Å². The first-order valence-electron chi connectivity index (χ1n) is 5.55. The third-order valence-corrected chi connectivity index (χ3v) is 3.46. The van der Waals surface area contributed by atoms with Crippen LogP contribution in [0.2, 0.25) is 0 Å². The first kappa shape index (κ1) is 11.9. The SMILES string of the molecule is CCc1nc(NCc2cscc2C)cc(=O)[nH]1. The molecule has 0 saturated carbocycles. The summed E-state index contributed by atoms with van der Waals surface area (Å²) < 4.78 is 0. The average Bonchev–Trinajstić information content (AvgIpc) is 2.71. The molecule has 0 bridgehead atoms. The highest BCUT2D eigenvalue weighted by Gasteiger charge is 2.02. The summed E-state index contributed by atoms with van der Waals surface area (Å²) in [4.78, 5) is 18.4. The van der Waals surface area contributed by atoms with Gasteiger partial charge in [-0.3, -0.25) is 4.79 Å². The van der Waals surface area contributed by atoms with Crippen molar-refractivity contribution in [3.8, 4) is 0 Å². The monoisotopic (exact) mass is 249 g/mol. The van der Waals surface area contributed by atoms with Crippen LogP contribution >= 0.6 is 11.3 Å². The molecule has 4 nitrogen and oxygen atoms in total. The number of anilines is 1. The molecule has 90 valence electrons. The molecule has 2 N–H and O–H groups in total. The van der Waals surface area contributed by atoms with E-state index >= 15 is 0 Å². The number of aromatic nitrogens is 2. The fourth-order valence-electron chi connectivity index (χ4n) is 1.52. The van der Waals surface area contributed by atoms with E-state index in [0.29, 0.717) is 18.2 Å². The fourth-order valence-corrected chi connectivity index (χ4v) is 2.38. The van der Waals surface area contributed by atoms with Crippen LogP contribution in [0.4, 0.5) is 5.82 Å². The van der Waals surface area contributed by atoms with Crippen molar-refractivity contribution in [1.82, 2.24) is 9.97 Å². The van der Waals surface area contributed by atoms with Gasteiger partial charge in [0.15, 0.2) is 0 Å². The van der Waals surface area contributed by atoms with Gasteiger partial charge in [-0.15, -0.1) is 0 Å². The number of nitrogens with zero attached hydrogens (tertiary/aromatic N) is 1. The zero-order chi connectivity index (χ0) is 12.3.